The third-order valence-electron chi connectivity index (χ3n) is 3.75. The molecule has 2 amide bonds. The first-order valence-electron chi connectivity index (χ1n) is 6.78. The number of aryl methyl sites for hydroxylation is 1. The Bertz CT molecular complexity index is 526. The van der Waals surface area contributed by atoms with Gasteiger partial charge in [0.1, 0.15) is 11.3 Å². The van der Waals surface area contributed by atoms with E-state index in [-0.39, 0.29) is 24.0 Å². The molecule has 0 saturated carbocycles. The molecule has 0 aliphatic carbocycles. The van der Waals surface area contributed by atoms with Crippen molar-refractivity contribution in [1.29, 1.82) is 0 Å². The fourth-order valence-corrected chi connectivity index (χ4v) is 2.43. The van der Waals surface area contributed by atoms with Gasteiger partial charge in [0.2, 0.25) is 11.8 Å². The van der Waals surface area contributed by atoms with Crippen molar-refractivity contribution in [2.45, 2.75) is 32.2 Å². The van der Waals surface area contributed by atoms with Crippen molar-refractivity contribution in [3.05, 3.63) is 29.8 Å². The molecule has 0 bridgehead atoms. The maximum atomic E-state index is 12.3. The van der Waals surface area contributed by atoms with Gasteiger partial charge >= 0.3 is 0 Å². The van der Waals surface area contributed by atoms with Gasteiger partial charge in [0.05, 0.1) is 0 Å². The molecule has 108 valence electrons. The van der Waals surface area contributed by atoms with Gasteiger partial charge in [-0.25, -0.2) is 0 Å². The van der Waals surface area contributed by atoms with Gasteiger partial charge in [-0.05, 0) is 31.9 Å². The number of nitrogens with zero attached hydrogens (tertiary/aromatic N) is 1. The number of carbonyl (C=O) groups excluding carboxylic acids is 2. The lowest BCUT2D eigenvalue weighted by Gasteiger charge is -2.41. The van der Waals surface area contributed by atoms with Crippen LogP contribution in [-0.4, -0.2) is 40.4 Å². The molecule has 1 aliphatic heterocycles. The lowest BCUT2D eigenvalue weighted by molar-refractivity contribution is -0.149. The van der Waals surface area contributed by atoms with Gasteiger partial charge in [-0.3, -0.25) is 9.59 Å². The van der Waals surface area contributed by atoms with E-state index in [4.69, 9.17) is 0 Å². The van der Waals surface area contributed by atoms with Crippen LogP contribution in [0.2, 0.25) is 0 Å². The average Bonchev–Trinajstić information content (AvgIpc) is 2.40. The summed E-state index contributed by atoms with van der Waals surface area (Å²) in [6.07, 6.45) is 0.758. The van der Waals surface area contributed by atoms with Gasteiger partial charge in [0.15, 0.2) is 0 Å². The SMILES string of the molecule is CC1(C)C(=O)NCCN1C(=O)CCc1ccccc1O. The highest BCUT2D eigenvalue weighted by molar-refractivity contribution is 5.91. The number of nitrogens with one attached hydrogen (secondary N) is 1. The van der Waals surface area contributed by atoms with Gasteiger partial charge in [-0.2, -0.15) is 0 Å². The van der Waals surface area contributed by atoms with Crippen LogP contribution < -0.4 is 5.32 Å². The number of benzene rings is 1. The molecule has 0 atom stereocenters. The van der Waals surface area contributed by atoms with Gasteiger partial charge < -0.3 is 15.3 Å². The number of hydrogen-bond donors (Lipinski definition) is 2. The Morgan fingerprint density at radius 2 is 2.10 bits per heavy atom. The molecule has 1 saturated heterocycles. The quantitative estimate of drug-likeness (QED) is 0.867. The largest absolute Gasteiger partial charge is 0.508 e. The van der Waals surface area contributed by atoms with Crippen molar-refractivity contribution in [3.8, 4) is 5.75 Å². The van der Waals surface area contributed by atoms with Crippen LogP contribution in [0.4, 0.5) is 0 Å². The molecule has 0 unspecified atom stereocenters. The Balaban J connectivity index is 2.02. The summed E-state index contributed by atoms with van der Waals surface area (Å²) in [5.74, 6) is 0.0173. The highest BCUT2D eigenvalue weighted by atomic mass is 16.3. The first-order valence-corrected chi connectivity index (χ1v) is 6.78. The molecule has 5 heteroatoms. The second kappa shape index (κ2) is 5.53. The predicted octanol–water partition coefficient (Wildman–Crippen LogP) is 1.06. The van der Waals surface area contributed by atoms with Crippen LogP contribution in [0.5, 0.6) is 5.75 Å². The molecule has 1 aromatic rings. The molecule has 5 nitrogen and oxygen atoms in total. The van der Waals surface area contributed by atoms with Crippen LogP contribution >= 0.6 is 0 Å². The fourth-order valence-electron chi connectivity index (χ4n) is 2.43. The first kappa shape index (κ1) is 14.4. The normalized spacial score (nSPS) is 17.7. The van der Waals surface area contributed by atoms with E-state index < -0.39 is 5.54 Å². The highest BCUT2D eigenvalue weighted by Gasteiger charge is 2.39. The summed E-state index contributed by atoms with van der Waals surface area (Å²) in [4.78, 5) is 25.7. The Kier molecular flexibility index (Phi) is 3.97. The molecule has 1 heterocycles. The fraction of sp³-hybridized carbons (Fsp3) is 0.467. The topological polar surface area (TPSA) is 69.6 Å². The number of carbonyl (C=O) groups is 2. The second-order valence-electron chi connectivity index (χ2n) is 5.49. The van der Waals surface area contributed by atoms with Gasteiger partial charge in [-0.15, -0.1) is 0 Å². The van der Waals surface area contributed by atoms with E-state index in [2.05, 4.69) is 5.32 Å². The number of piperazine rings is 1. The number of hydrogen-bond acceptors (Lipinski definition) is 3. The Hall–Kier alpha value is -2.04. The summed E-state index contributed by atoms with van der Waals surface area (Å²) < 4.78 is 0. The summed E-state index contributed by atoms with van der Waals surface area (Å²) in [5, 5.41) is 12.5. The summed E-state index contributed by atoms with van der Waals surface area (Å²) in [6, 6.07) is 6.99. The third kappa shape index (κ3) is 2.76. The summed E-state index contributed by atoms with van der Waals surface area (Å²) in [7, 11) is 0. The molecule has 1 aromatic carbocycles. The van der Waals surface area contributed by atoms with E-state index in [1.165, 1.54) is 0 Å². The van der Waals surface area contributed by atoms with Gasteiger partial charge in [-0.1, -0.05) is 18.2 Å². The number of amides is 2. The van der Waals surface area contributed by atoms with E-state index in [1.807, 2.05) is 6.07 Å². The maximum absolute atomic E-state index is 12.3. The molecule has 1 aliphatic rings. The highest BCUT2D eigenvalue weighted by Crippen LogP contribution is 2.21. The smallest absolute Gasteiger partial charge is 0.245 e. The first-order chi connectivity index (χ1) is 9.43. The Morgan fingerprint density at radius 1 is 1.40 bits per heavy atom. The number of aromatic hydroxyl groups is 1. The molecule has 1 fully saturated rings. The van der Waals surface area contributed by atoms with Crippen molar-refractivity contribution in [2.75, 3.05) is 13.1 Å². The van der Waals surface area contributed by atoms with E-state index in [0.717, 1.165) is 5.56 Å². The molecule has 0 aromatic heterocycles. The Labute approximate surface area is 118 Å². The molecule has 0 radical (unpaired) electrons. The zero-order valence-electron chi connectivity index (χ0n) is 11.8. The molecule has 2 rings (SSSR count). The van der Waals surface area contributed by atoms with Crippen LogP contribution in [0.3, 0.4) is 0 Å². The lowest BCUT2D eigenvalue weighted by Crippen LogP contribution is -2.63. The van der Waals surface area contributed by atoms with E-state index >= 15 is 0 Å². The van der Waals surface area contributed by atoms with Gasteiger partial charge in [0, 0.05) is 19.5 Å². The summed E-state index contributed by atoms with van der Waals surface area (Å²) >= 11 is 0. The minimum atomic E-state index is -0.811. The summed E-state index contributed by atoms with van der Waals surface area (Å²) in [6.45, 7) is 4.52. The monoisotopic (exact) mass is 276 g/mol. The predicted molar refractivity (Wildman–Crippen MR) is 75.2 cm³/mol. The van der Waals surface area contributed by atoms with Crippen LogP contribution in [0, 0.1) is 0 Å². The molecule has 20 heavy (non-hydrogen) atoms. The standard InChI is InChI=1S/C15H20N2O3/c1-15(2)14(20)16-9-10-17(15)13(19)8-7-11-5-3-4-6-12(11)18/h3-6,18H,7-10H2,1-2H3,(H,16,20). The average molecular weight is 276 g/mol. The number of phenols is 1. The van der Waals surface area contributed by atoms with Crippen molar-refractivity contribution >= 4 is 11.8 Å². The van der Waals surface area contributed by atoms with E-state index in [9.17, 15) is 14.7 Å². The number of para-hydroxylation sites is 1. The van der Waals surface area contributed by atoms with E-state index in [1.54, 1.807) is 36.9 Å². The van der Waals surface area contributed by atoms with Crippen LogP contribution in [0.15, 0.2) is 24.3 Å². The minimum Gasteiger partial charge on any atom is -0.508 e. The summed E-state index contributed by atoms with van der Waals surface area (Å²) in [5.41, 5.74) is -0.0613. The maximum Gasteiger partial charge on any atom is 0.245 e. The van der Waals surface area contributed by atoms with Crippen LogP contribution in [0.1, 0.15) is 25.8 Å². The lowest BCUT2D eigenvalue weighted by atomic mass is 9.97. The number of phenolic OH excluding ortho intramolecular Hbond substituents is 1. The zero-order chi connectivity index (χ0) is 14.8. The number of rotatable bonds is 3. The molecule has 0 spiro atoms. The molecule has 2 N–H and O–H groups in total. The Morgan fingerprint density at radius 3 is 2.80 bits per heavy atom. The van der Waals surface area contributed by atoms with E-state index in [0.29, 0.717) is 19.5 Å². The van der Waals surface area contributed by atoms with Gasteiger partial charge in [0.25, 0.3) is 0 Å². The molecular formula is C15H20N2O3. The zero-order valence-corrected chi connectivity index (χ0v) is 11.8. The second-order valence-corrected chi connectivity index (χ2v) is 5.49. The van der Waals surface area contributed by atoms with Crippen molar-refractivity contribution in [2.24, 2.45) is 0 Å². The third-order valence-corrected chi connectivity index (χ3v) is 3.75. The van der Waals surface area contributed by atoms with Crippen LogP contribution in [-0.2, 0) is 16.0 Å². The van der Waals surface area contributed by atoms with Crippen LogP contribution in [0.25, 0.3) is 0 Å². The molecular weight excluding hydrogens is 256 g/mol. The van der Waals surface area contributed by atoms with Crippen molar-refractivity contribution < 1.29 is 14.7 Å². The van der Waals surface area contributed by atoms with Crippen molar-refractivity contribution in [3.63, 3.8) is 0 Å². The minimum absolute atomic E-state index is 0.0619. The van der Waals surface area contributed by atoms with Crippen molar-refractivity contribution in [1.82, 2.24) is 10.2 Å².